The van der Waals surface area contributed by atoms with Crippen molar-refractivity contribution >= 4 is 15.7 Å². The van der Waals surface area contributed by atoms with Crippen molar-refractivity contribution in [2.45, 2.75) is 11.8 Å². The number of ether oxygens (including phenoxy) is 3. The lowest BCUT2D eigenvalue weighted by Crippen LogP contribution is -2.14. The van der Waals surface area contributed by atoms with E-state index < -0.39 is 10.0 Å². The van der Waals surface area contributed by atoms with Crippen molar-refractivity contribution in [3.05, 3.63) is 78.9 Å². The third-order valence-corrected chi connectivity index (χ3v) is 6.06. The molecule has 0 radical (unpaired) electrons. The summed E-state index contributed by atoms with van der Waals surface area (Å²) in [7, 11) is -1.05. The van der Waals surface area contributed by atoms with Gasteiger partial charge in [-0.3, -0.25) is 4.72 Å². The number of nitrogens with zero attached hydrogens (tertiary/aromatic N) is 3. The number of rotatable bonds is 8. The van der Waals surface area contributed by atoms with Crippen LogP contribution >= 0.6 is 0 Å². The summed E-state index contributed by atoms with van der Waals surface area (Å²) in [5, 5.41) is 0. The predicted molar refractivity (Wildman–Crippen MR) is 123 cm³/mol. The zero-order valence-electron chi connectivity index (χ0n) is 18.2. The number of hydrogen-bond donors (Lipinski definition) is 1. The first-order chi connectivity index (χ1) is 15.9. The zero-order valence-corrected chi connectivity index (χ0v) is 19.0. The van der Waals surface area contributed by atoms with Crippen LogP contribution < -0.4 is 18.9 Å². The van der Waals surface area contributed by atoms with Crippen LogP contribution in [0, 0.1) is 6.92 Å². The van der Waals surface area contributed by atoms with E-state index in [4.69, 9.17) is 14.2 Å². The fourth-order valence-corrected chi connectivity index (χ4v) is 4.36. The van der Waals surface area contributed by atoms with Crippen molar-refractivity contribution < 1.29 is 22.6 Å². The van der Waals surface area contributed by atoms with E-state index in [1.807, 2.05) is 29.1 Å². The Morgan fingerprint density at radius 2 is 1.58 bits per heavy atom. The summed E-state index contributed by atoms with van der Waals surface area (Å²) < 4.78 is 46.4. The summed E-state index contributed by atoms with van der Waals surface area (Å²) >= 11 is 0. The van der Waals surface area contributed by atoms with Crippen LogP contribution in [0.15, 0.2) is 78.0 Å². The third kappa shape index (κ3) is 5.07. The summed E-state index contributed by atoms with van der Waals surface area (Å²) in [6, 6.07) is 16.6. The maximum Gasteiger partial charge on any atom is 0.265 e. The summed E-state index contributed by atoms with van der Waals surface area (Å²) in [6.07, 6.45) is 3.76. The fraction of sp³-hybridized carbons (Fsp3) is 0.130. The molecule has 0 aliphatic rings. The highest BCUT2D eigenvalue weighted by Gasteiger charge is 2.21. The van der Waals surface area contributed by atoms with Gasteiger partial charge in [0, 0.05) is 30.2 Å². The van der Waals surface area contributed by atoms with Crippen LogP contribution in [0.5, 0.6) is 23.1 Å². The van der Waals surface area contributed by atoms with Crippen LogP contribution in [0.3, 0.4) is 0 Å². The van der Waals surface area contributed by atoms with Gasteiger partial charge in [0.1, 0.15) is 33.8 Å². The Morgan fingerprint density at radius 1 is 0.879 bits per heavy atom. The Labute approximate surface area is 191 Å². The highest BCUT2D eigenvalue weighted by atomic mass is 32.2. The van der Waals surface area contributed by atoms with Gasteiger partial charge in [0.25, 0.3) is 10.0 Å². The molecular formula is C23H22N4O5S. The Balaban J connectivity index is 1.53. The maximum atomic E-state index is 12.9. The van der Waals surface area contributed by atoms with Crippen molar-refractivity contribution in [1.29, 1.82) is 0 Å². The monoisotopic (exact) mass is 466 g/mol. The zero-order chi connectivity index (χ0) is 23.4. The van der Waals surface area contributed by atoms with Gasteiger partial charge in [-0.1, -0.05) is 0 Å². The molecule has 0 aliphatic carbocycles. The molecular weight excluding hydrogens is 444 g/mol. The molecule has 4 aromatic rings. The molecule has 0 unspecified atom stereocenters. The highest BCUT2D eigenvalue weighted by molar-refractivity contribution is 7.92. The minimum Gasteiger partial charge on any atom is -0.497 e. The average Bonchev–Trinajstić information content (AvgIpc) is 3.34. The number of sulfonamides is 1. The van der Waals surface area contributed by atoms with Crippen LogP contribution in [-0.2, 0) is 10.0 Å². The van der Waals surface area contributed by atoms with Gasteiger partial charge >= 0.3 is 0 Å². The molecule has 0 atom stereocenters. The van der Waals surface area contributed by atoms with Gasteiger partial charge in [-0.25, -0.2) is 13.4 Å². The summed E-state index contributed by atoms with van der Waals surface area (Å²) in [4.78, 5) is 8.69. The second kappa shape index (κ2) is 9.21. The second-order valence-electron chi connectivity index (χ2n) is 6.95. The predicted octanol–water partition coefficient (Wildman–Crippen LogP) is 4.19. The number of aromatic nitrogens is 3. The van der Waals surface area contributed by atoms with E-state index in [0.29, 0.717) is 34.7 Å². The normalized spacial score (nSPS) is 11.1. The SMILES string of the molecule is COc1ccc(OC)c(S(=O)(=O)Nc2ccc(Oc3cc(-n4cccc4)nc(C)n3)cc2)c1. The van der Waals surface area contributed by atoms with Gasteiger partial charge in [0.05, 0.1) is 14.2 Å². The van der Waals surface area contributed by atoms with Gasteiger partial charge in [-0.05, 0) is 55.5 Å². The molecule has 0 bridgehead atoms. The fourth-order valence-electron chi connectivity index (χ4n) is 3.11. The van der Waals surface area contributed by atoms with Crippen molar-refractivity contribution in [3.8, 4) is 28.9 Å². The van der Waals surface area contributed by atoms with Gasteiger partial charge in [0.15, 0.2) is 0 Å². The molecule has 2 aromatic heterocycles. The smallest absolute Gasteiger partial charge is 0.265 e. The number of nitrogens with one attached hydrogen (secondary N) is 1. The van der Waals surface area contributed by atoms with E-state index in [1.165, 1.54) is 26.4 Å². The standard InChI is InChI=1S/C23H22N4O5S/c1-16-24-22(27-12-4-5-13-27)15-23(25-16)32-18-8-6-17(7-9-18)26-33(28,29)21-14-19(30-2)10-11-20(21)31-3/h4-15,26H,1-3H3. The number of benzene rings is 2. The second-order valence-corrected chi connectivity index (χ2v) is 8.60. The van der Waals surface area contributed by atoms with Gasteiger partial charge in [-0.2, -0.15) is 4.98 Å². The summed E-state index contributed by atoms with van der Waals surface area (Å²) in [5.74, 6) is 2.72. The van der Waals surface area contributed by atoms with E-state index in [-0.39, 0.29) is 10.6 Å². The molecule has 1 N–H and O–H groups in total. The molecule has 0 saturated carbocycles. The molecule has 0 amide bonds. The Morgan fingerprint density at radius 3 is 2.24 bits per heavy atom. The molecule has 9 nitrogen and oxygen atoms in total. The minimum atomic E-state index is -3.92. The molecule has 2 aromatic carbocycles. The first kappa shape index (κ1) is 22.2. The molecule has 0 saturated heterocycles. The number of methoxy groups -OCH3 is 2. The third-order valence-electron chi connectivity index (χ3n) is 4.66. The maximum absolute atomic E-state index is 12.9. The lowest BCUT2D eigenvalue weighted by Gasteiger charge is -2.13. The first-order valence-corrected chi connectivity index (χ1v) is 11.4. The van der Waals surface area contributed by atoms with Gasteiger partial charge in [-0.15, -0.1) is 0 Å². The lowest BCUT2D eigenvalue weighted by atomic mass is 10.3. The van der Waals surface area contributed by atoms with E-state index in [9.17, 15) is 8.42 Å². The van der Waals surface area contributed by atoms with E-state index >= 15 is 0 Å². The average molecular weight is 467 g/mol. The molecule has 33 heavy (non-hydrogen) atoms. The number of aryl methyl sites for hydroxylation is 1. The minimum absolute atomic E-state index is 0.0290. The quantitative estimate of drug-likeness (QED) is 0.415. The molecule has 0 aliphatic heterocycles. The van der Waals surface area contributed by atoms with Crippen molar-refractivity contribution in [1.82, 2.24) is 14.5 Å². The molecule has 10 heteroatoms. The van der Waals surface area contributed by atoms with Crippen molar-refractivity contribution in [3.63, 3.8) is 0 Å². The largest absolute Gasteiger partial charge is 0.497 e. The Hall–Kier alpha value is -4.05. The van der Waals surface area contributed by atoms with Crippen LogP contribution in [0.2, 0.25) is 0 Å². The molecule has 170 valence electrons. The lowest BCUT2D eigenvalue weighted by molar-refractivity contribution is 0.392. The van der Waals surface area contributed by atoms with E-state index in [0.717, 1.165) is 0 Å². The van der Waals surface area contributed by atoms with Crippen LogP contribution in [0.4, 0.5) is 5.69 Å². The van der Waals surface area contributed by atoms with E-state index in [1.54, 1.807) is 43.3 Å². The van der Waals surface area contributed by atoms with E-state index in [2.05, 4.69) is 14.7 Å². The van der Waals surface area contributed by atoms with Crippen molar-refractivity contribution in [2.75, 3.05) is 18.9 Å². The van der Waals surface area contributed by atoms with Crippen LogP contribution in [-0.4, -0.2) is 37.2 Å². The summed E-state index contributed by atoms with van der Waals surface area (Å²) in [6.45, 7) is 1.78. The highest BCUT2D eigenvalue weighted by Crippen LogP contribution is 2.30. The Bertz CT molecular complexity index is 1350. The molecule has 4 rings (SSSR count). The van der Waals surface area contributed by atoms with Gasteiger partial charge in [0.2, 0.25) is 5.88 Å². The topological polar surface area (TPSA) is 105 Å². The molecule has 0 spiro atoms. The first-order valence-electron chi connectivity index (χ1n) is 9.90. The van der Waals surface area contributed by atoms with Crippen LogP contribution in [0.25, 0.3) is 5.82 Å². The Kier molecular flexibility index (Phi) is 6.18. The number of anilines is 1. The summed E-state index contributed by atoms with van der Waals surface area (Å²) in [5.41, 5.74) is 0.360. The number of hydrogen-bond acceptors (Lipinski definition) is 7. The van der Waals surface area contributed by atoms with Gasteiger partial charge < -0.3 is 18.8 Å². The molecule has 2 heterocycles. The van der Waals surface area contributed by atoms with Crippen LogP contribution in [0.1, 0.15) is 5.82 Å². The van der Waals surface area contributed by atoms with Crippen molar-refractivity contribution in [2.24, 2.45) is 0 Å². The molecule has 0 fully saturated rings.